The number of carbonyl (C=O) groups is 1. The Labute approximate surface area is 101 Å². The first-order chi connectivity index (χ1) is 8.60. The third-order valence-corrected chi connectivity index (χ3v) is 1.87. The summed E-state index contributed by atoms with van der Waals surface area (Å²) in [7, 11) is 0. The number of halogens is 5. The van der Waals surface area contributed by atoms with Crippen LogP contribution in [0.4, 0.5) is 22.0 Å². The number of carboxylic acids is 1. The third-order valence-electron chi connectivity index (χ3n) is 1.87. The predicted molar refractivity (Wildman–Crippen MR) is 50.0 cm³/mol. The maximum absolute atomic E-state index is 12.5. The number of carboxylic acid groups (broad SMARTS) is 1. The minimum absolute atomic E-state index is 0.485. The average Bonchev–Trinajstić information content (AvgIpc) is 2.10. The Kier molecular flexibility index (Phi) is 4.12. The second-order valence-electron chi connectivity index (χ2n) is 3.32. The zero-order valence-electron chi connectivity index (χ0n) is 8.92. The van der Waals surface area contributed by atoms with Crippen LogP contribution < -0.4 is 10.2 Å². The molecule has 19 heavy (non-hydrogen) atoms. The molecule has 2 N–H and O–H groups in total. The van der Waals surface area contributed by atoms with Gasteiger partial charge < -0.3 is 14.8 Å². The summed E-state index contributed by atoms with van der Waals surface area (Å²) < 4.78 is 64.2. The summed E-state index contributed by atoms with van der Waals surface area (Å²) in [6, 6.07) is 0.485. The summed E-state index contributed by atoms with van der Waals surface area (Å²) >= 11 is 0. The van der Waals surface area contributed by atoms with Crippen LogP contribution in [-0.4, -0.2) is 22.4 Å². The van der Waals surface area contributed by atoms with E-state index in [2.05, 4.69) is 4.74 Å². The van der Waals surface area contributed by atoms with Crippen LogP contribution in [-0.2, 0) is 11.2 Å². The molecule has 0 bridgehead atoms. The molecule has 0 saturated heterocycles. The maximum atomic E-state index is 12.5. The van der Waals surface area contributed by atoms with Gasteiger partial charge in [-0.05, 0) is 0 Å². The molecule has 0 amide bonds. The van der Waals surface area contributed by atoms with E-state index in [1.807, 2.05) is 0 Å². The van der Waals surface area contributed by atoms with Crippen LogP contribution in [0.25, 0.3) is 0 Å². The number of aromatic amines is 1. The molecular formula is C9H6F5NO4. The number of ether oxygens (including phenoxy) is 1. The maximum Gasteiger partial charge on any atom is 0.574 e. The number of rotatable bonds is 4. The van der Waals surface area contributed by atoms with Crippen molar-refractivity contribution in [3.05, 3.63) is 27.5 Å². The van der Waals surface area contributed by atoms with Crippen LogP contribution >= 0.6 is 0 Å². The lowest BCUT2D eigenvalue weighted by Gasteiger charge is -2.13. The Morgan fingerprint density at radius 1 is 1.42 bits per heavy atom. The number of nitrogens with one attached hydrogen (secondary N) is 1. The Morgan fingerprint density at radius 2 is 2.00 bits per heavy atom. The summed E-state index contributed by atoms with van der Waals surface area (Å²) in [5.74, 6) is -2.97. The van der Waals surface area contributed by atoms with Crippen LogP contribution in [0, 0.1) is 0 Å². The number of aliphatic carboxylic acids is 1. The predicted octanol–water partition coefficient (Wildman–Crippen LogP) is 1.84. The minimum Gasteiger partial charge on any atom is -0.481 e. The molecule has 106 valence electrons. The Hall–Kier alpha value is -2.13. The average molecular weight is 287 g/mol. The van der Waals surface area contributed by atoms with Crippen molar-refractivity contribution in [1.29, 1.82) is 0 Å². The normalized spacial score (nSPS) is 11.7. The van der Waals surface area contributed by atoms with E-state index in [1.54, 1.807) is 4.98 Å². The van der Waals surface area contributed by atoms with Crippen LogP contribution in [0.3, 0.4) is 0 Å². The fourth-order valence-electron chi connectivity index (χ4n) is 1.26. The van der Waals surface area contributed by atoms with Gasteiger partial charge in [0.15, 0.2) is 5.43 Å². The van der Waals surface area contributed by atoms with Gasteiger partial charge in [0.2, 0.25) is 5.88 Å². The topological polar surface area (TPSA) is 79.4 Å². The largest absolute Gasteiger partial charge is 0.574 e. The van der Waals surface area contributed by atoms with Gasteiger partial charge in [-0.1, -0.05) is 0 Å². The van der Waals surface area contributed by atoms with Crippen molar-refractivity contribution in [3.8, 4) is 5.88 Å². The highest BCUT2D eigenvalue weighted by atomic mass is 19.4. The van der Waals surface area contributed by atoms with Crippen LogP contribution in [0.5, 0.6) is 5.88 Å². The Bertz CT molecular complexity index is 536. The van der Waals surface area contributed by atoms with Gasteiger partial charge in [0.1, 0.15) is 5.56 Å². The Balaban J connectivity index is 3.33. The SMILES string of the molecule is O=C(O)Cc1cc(=O)c(C(F)F)c(OC(F)(F)F)[nH]1. The zero-order valence-corrected chi connectivity index (χ0v) is 8.92. The molecule has 1 rings (SSSR count). The summed E-state index contributed by atoms with van der Waals surface area (Å²) in [5, 5.41) is 8.43. The molecule has 0 aromatic carbocycles. The molecule has 5 nitrogen and oxygen atoms in total. The van der Waals surface area contributed by atoms with Gasteiger partial charge in [-0.2, -0.15) is 0 Å². The lowest BCUT2D eigenvalue weighted by atomic mass is 10.2. The van der Waals surface area contributed by atoms with Gasteiger partial charge in [-0.25, -0.2) is 8.78 Å². The molecule has 0 fully saturated rings. The molecule has 1 heterocycles. The van der Waals surface area contributed by atoms with Gasteiger partial charge >= 0.3 is 12.3 Å². The summed E-state index contributed by atoms with van der Waals surface area (Å²) in [6.07, 6.45) is -9.64. The standard InChI is InChI=1S/C9H6F5NO4/c10-7(11)6-4(16)1-3(2-5(17)18)15-8(6)19-9(12,13)14/h1,7H,2H2,(H,15,16)(H,17,18). The van der Waals surface area contributed by atoms with E-state index in [0.29, 0.717) is 6.07 Å². The number of alkyl halides is 5. The third kappa shape index (κ3) is 4.23. The monoisotopic (exact) mass is 287 g/mol. The molecular weight excluding hydrogens is 281 g/mol. The van der Waals surface area contributed by atoms with Crippen molar-refractivity contribution in [2.45, 2.75) is 19.2 Å². The molecule has 10 heteroatoms. The van der Waals surface area contributed by atoms with Gasteiger partial charge in [-0.3, -0.25) is 9.59 Å². The first-order valence-corrected chi connectivity index (χ1v) is 4.62. The van der Waals surface area contributed by atoms with Gasteiger partial charge in [-0.15, -0.1) is 13.2 Å². The van der Waals surface area contributed by atoms with E-state index in [1.165, 1.54) is 0 Å². The summed E-state index contributed by atoms with van der Waals surface area (Å²) in [6.45, 7) is 0. The lowest BCUT2D eigenvalue weighted by molar-refractivity contribution is -0.276. The molecule has 0 aliphatic rings. The molecule has 0 atom stereocenters. The van der Waals surface area contributed by atoms with E-state index in [0.717, 1.165) is 0 Å². The Morgan fingerprint density at radius 3 is 2.42 bits per heavy atom. The quantitative estimate of drug-likeness (QED) is 0.828. The number of aromatic nitrogens is 1. The van der Waals surface area contributed by atoms with Crippen molar-refractivity contribution in [3.63, 3.8) is 0 Å². The molecule has 0 spiro atoms. The van der Waals surface area contributed by atoms with Gasteiger partial charge in [0, 0.05) is 11.8 Å². The highest BCUT2D eigenvalue weighted by Gasteiger charge is 2.35. The number of hydrogen-bond acceptors (Lipinski definition) is 3. The fourth-order valence-corrected chi connectivity index (χ4v) is 1.26. The van der Waals surface area contributed by atoms with E-state index < -0.39 is 47.7 Å². The van der Waals surface area contributed by atoms with Crippen LogP contribution in [0.2, 0.25) is 0 Å². The molecule has 1 aromatic heterocycles. The highest BCUT2D eigenvalue weighted by Crippen LogP contribution is 2.29. The van der Waals surface area contributed by atoms with E-state index in [4.69, 9.17) is 5.11 Å². The number of H-pyrrole nitrogens is 1. The van der Waals surface area contributed by atoms with Crippen molar-refractivity contribution in [2.75, 3.05) is 0 Å². The number of pyridine rings is 1. The van der Waals surface area contributed by atoms with Crippen molar-refractivity contribution < 1.29 is 36.6 Å². The molecule has 0 saturated carbocycles. The minimum atomic E-state index is -5.30. The zero-order chi connectivity index (χ0) is 14.8. The summed E-state index contributed by atoms with van der Waals surface area (Å²) in [4.78, 5) is 23.3. The molecule has 0 aliphatic carbocycles. The molecule has 0 aliphatic heterocycles. The van der Waals surface area contributed by atoms with Crippen molar-refractivity contribution in [1.82, 2.24) is 4.98 Å². The van der Waals surface area contributed by atoms with Gasteiger partial charge in [0.25, 0.3) is 6.43 Å². The van der Waals surface area contributed by atoms with Crippen molar-refractivity contribution in [2.24, 2.45) is 0 Å². The van der Waals surface area contributed by atoms with E-state index in [-0.39, 0.29) is 0 Å². The van der Waals surface area contributed by atoms with Gasteiger partial charge in [0.05, 0.1) is 6.42 Å². The van der Waals surface area contributed by atoms with Crippen molar-refractivity contribution >= 4 is 5.97 Å². The van der Waals surface area contributed by atoms with Crippen LogP contribution in [0.1, 0.15) is 17.7 Å². The first-order valence-electron chi connectivity index (χ1n) is 4.62. The van der Waals surface area contributed by atoms with E-state index in [9.17, 15) is 31.5 Å². The fraction of sp³-hybridized carbons (Fsp3) is 0.333. The first kappa shape index (κ1) is 14.9. The highest BCUT2D eigenvalue weighted by molar-refractivity contribution is 5.69. The van der Waals surface area contributed by atoms with Crippen LogP contribution in [0.15, 0.2) is 10.9 Å². The molecule has 0 radical (unpaired) electrons. The lowest BCUT2D eigenvalue weighted by Crippen LogP contribution is -2.23. The van der Waals surface area contributed by atoms with E-state index >= 15 is 0 Å². The molecule has 1 aromatic rings. The number of hydrogen-bond donors (Lipinski definition) is 2. The summed E-state index contributed by atoms with van der Waals surface area (Å²) in [5.41, 5.74) is -3.43. The second-order valence-corrected chi connectivity index (χ2v) is 3.32. The molecule has 0 unspecified atom stereocenters. The second kappa shape index (κ2) is 5.24. The smallest absolute Gasteiger partial charge is 0.481 e.